The molecule has 0 radical (unpaired) electrons. The van der Waals surface area contributed by atoms with Crippen LogP contribution in [0.5, 0.6) is 11.5 Å². The fraction of sp³-hybridized carbons (Fsp3) is 0.237. The van der Waals surface area contributed by atoms with E-state index in [4.69, 9.17) is 27.1 Å². The van der Waals surface area contributed by atoms with Crippen LogP contribution in [0.2, 0.25) is 5.02 Å². The number of nitrogens with two attached hydrogens (primary N) is 1. The quantitative estimate of drug-likeness (QED) is 0.159. The van der Waals surface area contributed by atoms with E-state index in [1.807, 2.05) is 0 Å². The number of carbonyl (C=O) groups is 1. The highest BCUT2D eigenvalue weighted by molar-refractivity contribution is 7.99. The van der Waals surface area contributed by atoms with Crippen molar-refractivity contribution in [3.8, 4) is 11.5 Å². The van der Waals surface area contributed by atoms with E-state index in [0.29, 0.717) is 21.2 Å². The molecule has 51 heavy (non-hydrogen) atoms. The second kappa shape index (κ2) is 13.8. The van der Waals surface area contributed by atoms with Crippen LogP contribution < -0.4 is 20.7 Å². The Balaban J connectivity index is 1.05. The standard InChI is InChI=1S/C38H35ClN6O5S/c1-44-20-27(23-14-24(47)16-25(15-23)50-2)35(48)33(29(44)21-46)37(49)43-28-8-5-9-30(34(28)39)51-32-19-41-31(18-42-32)45-12-10-38(11-13-45)17-22-6-3-4-7-26(22)36(38)40/h3-9,14-16,18-20,36,47-48H,10-13,17,40H2,1-2H3,(H,43,49)/t36-/m1/s1. The van der Waals surface area contributed by atoms with E-state index >= 15 is 0 Å². The molecule has 3 aromatic carbocycles. The number of aliphatic hydroxyl groups is 1. The maximum absolute atomic E-state index is 13.7. The molecule has 1 spiro atoms. The lowest BCUT2D eigenvalue weighted by atomic mass is 9.73. The summed E-state index contributed by atoms with van der Waals surface area (Å²) in [5, 5.41) is 25.1. The molecule has 0 saturated carbocycles. The molecule has 1 atom stereocenters. The van der Waals surface area contributed by atoms with E-state index in [-0.39, 0.29) is 44.8 Å². The third-order valence-electron chi connectivity index (χ3n) is 9.88. The van der Waals surface area contributed by atoms with Gasteiger partial charge >= 0.3 is 0 Å². The minimum atomic E-state index is -0.783. The van der Waals surface area contributed by atoms with Crippen LogP contribution in [0.15, 0.2) is 106 Å². The molecule has 1 fully saturated rings. The number of nitrogens with zero attached hydrogens (tertiary/aromatic N) is 4. The number of aromatic nitrogens is 2. The summed E-state index contributed by atoms with van der Waals surface area (Å²) in [7, 11) is 2.98. The molecule has 1 aromatic heterocycles. The number of rotatable bonds is 7. The van der Waals surface area contributed by atoms with Crippen LogP contribution in [-0.4, -0.2) is 64.2 Å². The van der Waals surface area contributed by atoms with E-state index < -0.39 is 11.7 Å². The first-order valence-electron chi connectivity index (χ1n) is 16.3. The average molecular weight is 723 g/mol. The molecule has 0 bridgehead atoms. The third kappa shape index (κ3) is 6.43. The predicted octanol–water partition coefficient (Wildman–Crippen LogP) is 6.29. The number of halogens is 1. The molecule has 11 nitrogen and oxygen atoms in total. The van der Waals surface area contributed by atoms with Gasteiger partial charge in [0.15, 0.2) is 5.94 Å². The van der Waals surface area contributed by atoms with E-state index in [2.05, 4.69) is 39.5 Å². The van der Waals surface area contributed by atoms with Gasteiger partial charge < -0.3 is 35.8 Å². The van der Waals surface area contributed by atoms with Gasteiger partial charge in [0, 0.05) is 48.9 Å². The number of fused-ring (bicyclic) bond motifs is 1. The smallest absolute Gasteiger partial charge is 0.262 e. The number of phenols is 1. The summed E-state index contributed by atoms with van der Waals surface area (Å²) in [5.74, 6) is 1.51. The number of hydrogen-bond donors (Lipinski definition) is 4. The Hall–Kier alpha value is -5.26. The van der Waals surface area contributed by atoms with E-state index in [0.717, 1.165) is 38.2 Å². The van der Waals surface area contributed by atoms with E-state index in [9.17, 15) is 19.8 Å². The highest BCUT2D eigenvalue weighted by Crippen LogP contribution is 2.51. The summed E-state index contributed by atoms with van der Waals surface area (Å²) in [4.78, 5) is 39.2. The van der Waals surface area contributed by atoms with Gasteiger partial charge in [-0.05, 0) is 65.6 Å². The molecule has 2 aliphatic heterocycles. The zero-order valence-electron chi connectivity index (χ0n) is 27.9. The Kier molecular flexibility index (Phi) is 9.26. The van der Waals surface area contributed by atoms with Crippen LogP contribution in [0, 0.1) is 5.41 Å². The maximum Gasteiger partial charge on any atom is 0.262 e. The molecule has 7 rings (SSSR count). The maximum atomic E-state index is 13.7. The molecule has 5 N–H and O–H groups in total. The van der Waals surface area contributed by atoms with Crippen molar-refractivity contribution in [3.05, 3.63) is 118 Å². The first-order chi connectivity index (χ1) is 24.6. The molecule has 4 aromatic rings. The Morgan fingerprint density at radius 1 is 1.10 bits per heavy atom. The summed E-state index contributed by atoms with van der Waals surface area (Å²) >= 11 is 8.07. The topological polar surface area (TPSA) is 154 Å². The van der Waals surface area contributed by atoms with Gasteiger partial charge in [0.2, 0.25) is 0 Å². The van der Waals surface area contributed by atoms with Gasteiger partial charge in [-0.3, -0.25) is 4.79 Å². The lowest BCUT2D eigenvalue weighted by Gasteiger charge is -2.42. The van der Waals surface area contributed by atoms with Crippen molar-refractivity contribution in [1.82, 2.24) is 14.9 Å². The van der Waals surface area contributed by atoms with Crippen LogP contribution in [0.1, 0.15) is 35.6 Å². The van der Waals surface area contributed by atoms with Crippen molar-refractivity contribution in [2.24, 2.45) is 11.1 Å². The second-order valence-corrected chi connectivity index (χ2v) is 14.3. The zero-order chi connectivity index (χ0) is 35.9. The number of hydrogen-bond acceptors (Lipinski definition) is 11. The molecule has 1 aliphatic carbocycles. The van der Waals surface area contributed by atoms with Gasteiger partial charge in [0.1, 0.15) is 39.4 Å². The predicted molar refractivity (Wildman–Crippen MR) is 196 cm³/mol. The SMILES string of the molecule is COc1cc(O)cc(C2=CN(C)C(=C=O)C(C(=O)Nc3cccc(Sc4cnc(N5CCC6(CC5)Cc5ccccc5[C@H]6N)cn4)c3Cl)=C2O)c1. The summed E-state index contributed by atoms with van der Waals surface area (Å²) in [6, 6.07) is 18.1. The number of methoxy groups -OCH3 is 1. The van der Waals surface area contributed by atoms with Crippen LogP contribution >= 0.6 is 23.4 Å². The number of ether oxygens (including phenoxy) is 1. The number of phenolic OH excluding ortho intramolecular Hbond substituents is 1. The number of aromatic hydroxyl groups is 1. The van der Waals surface area contributed by atoms with Crippen LogP contribution in [0.25, 0.3) is 5.57 Å². The minimum Gasteiger partial charge on any atom is -0.508 e. The van der Waals surface area contributed by atoms with Crippen molar-refractivity contribution in [2.45, 2.75) is 35.2 Å². The number of piperidine rings is 1. The molecule has 1 amide bonds. The van der Waals surface area contributed by atoms with Crippen LogP contribution in [-0.2, 0) is 16.0 Å². The summed E-state index contributed by atoms with van der Waals surface area (Å²) in [5.41, 5.74) is 9.77. The van der Waals surface area contributed by atoms with Crippen molar-refractivity contribution in [1.29, 1.82) is 0 Å². The summed E-state index contributed by atoms with van der Waals surface area (Å²) < 4.78 is 5.24. The van der Waals surface area contributed by atoms with Crippen molar-refractivity contribution < 1.29 is 24.5 Å². The van der Waals surface area contributed by atoms with Gasteiger partial charge in [0.05, 0.1) is 30.2 Å². The molecular weight excluding hydrogens is 688 g/mol. The highest BCUT2D eigenvalue weighted by Gasteiger charge is 2.46. The number of nitrogens with one attached hydrogen (secondary N) is 1. The number of benzene rings is 3. The second-order valence-electron chi connectivity index (χ2n) is 12.8. The highest BCUT2D eigenvalue weighted by atomic mass is 35.5. The normalized spacial score (nSPS) is 18.0. The Labute approximate surface area is 304 Å². The Bertz CT molecular complexity index is 2140. The number of carbonyl (C=O) groups excluding carboxylic acids is 2. The largest absolute Gasteiger partial charge is 0.508 e. The number of aliphatic hydroxyl groups excluding tert-OH is 1. The van der Waals surface area contributed by atoms with Gasteiger partial charge in [-0.1, -0.05) is 53.7 Å². The van der Waals surface area contributed by atoms with Gasteiger partial charge in [-0.15, -0.1) is 0 Å². The van der Waals surface area contributed by atoms with E-state index in [1.165, 1.54) is 53.2 Å². The molecule has 260 valence electrons. The first kappa shape index (κ1) is 34.2. The number of allylic oxidation sites excluding steroid dienone is 1. The summed E-state index contributed by atoms with van der Waals surface area (Å²) in [6.45, 7) is 1.69. The number of anilines is 2. The molecule has 3 heterocycles. The van der Waals surface area contributed by atoms with Crippen LogP contribution in [0.4, 0.5) is 11.5 Å². The monoisotopic (exact) mass is 722 g/mol. The van der Waals surface area contributed by atoms with Crippen molar-refractivity contribution in [3.63, 3.8) is 0 Å². The molecule has 13 heteroatoms. The van der Waals surface area contributed by atoms with Crippen molar-refractivity contribution >= 4 is 52.3 Å². The van der Waals surface area contributed by atoms with Gasteiger partial charge in [-0.25, -0.2) is 14.8 Å². The fourth-order valence-electron chi connectivity index (χ4n) is 7.14. The average Bonchev–Trinajstić information content (AvgIpc) is 3.40. The minimum absolute atomic E-state index is 0.0459. The van der Waals surface area contributed by atoms with E-state index in [1.54, 1.807) is 49.6 Å². The zero-order valence-corrected chi connectivity index (χ0v) is 29.5. The van der Waals surface area contributed by atoms with Gasteiger partial charge in [0.25, 0.3) is 5.91 Å². The lowest BCUT2D eigenvalue weighted by Crippen LogP contribution is -2.44. The molecule has 1 saturated heterocycles. The lowest BCUT2D eigenvalue weighted by molar-refractivity contribution is -0.112. The Morgan fingerprint density at radius 2 is 1.88 bits per heavy atom. The molecule has 0 unspecified atom stereocenters. The Morgan fingerprint density at radius 3 is 2.59 bits per heavy atom. The molecule has 3 aliphatic rings. The number of amides is 1. The number of likely N-dealkylation sites (N-methyl/N-ethyl adjacent to an activating group) is 1. The van der Waals surface area contributed by atoms with Gasteiger partial charge in [-0.2, -0.15) is 0 Å². The van der Waals surface area contributed by atoms with Crippen LogP contribution in [0.3, 0.4) is 0 Å². The first-order valence-corrected chi connectivity index (χ1v) is 17.5. The fourth-order valence-corrected chi connectivity index (χ4v) is 8.22. The molecular formula is C38H35ClN6O5S. The van der Waals surface area contributed by atoms with Crippen molar-refractivity contribution in [2.75, 3.05) is 37.5 Å². The third-order valence-corrected chi connectivity index (χ3v) is 11.4. The summed E-state index contributed by atoms with van der Waals surface area (Å²) in [6.07, 6.45) is 7.90.